The van der Waals surface area contributed by atoms with Crippen LogP contribution in [0.3, 0.4) is 0 Å². The Bertz CT molecular complexity index is 1300. The number of methoxy groups -OCH3 is 1. The van der Waals surface area contributed by atoms with Crippen molar-refractivity contribution in [2.75, 3.05) is 7.11 Å². The predicted molar refractivity (Wildman–Crippen MR) is 141 cm³/mol. The van der Waals surface area contributed by atoms with Crippen molar-refractivity contribution in [2.24, 2.45) is 0 Å². The highest BCUT2D eigenvalue weighted by atomic mass is 79.9. The topological polar surface area (TPSA) is 63.0 Å². The van der Waals surface area contributed by atoms with Crippen LogP contribution in [0.15, 0.2) is 45.9 Å². The number of hydrogen-bond acceptors (Lipinski definition) is 6. The van der Waals surface area contributed by atoms with Crippen molar-refractivity contribution in [3.05, 3.63) is 78.6 Å². The molecular formula is C26H23BrF2N2O2S2. The molecule has 0 saturated carbocycles. The molecule has 0 saturated heterocycles. The van der Waals surface area contributed by atoms with Gasteiger partial charge < -0.3 is 4.74 Å². The number of alkyl halides is 2. The van der Waals surface area contributed by atoms with E-state index >= 15 is 0 Å². The van der Waals surface area contributed by atoms with E-state index in [1.165, 1.54) is 35.2 Å². The fraction of sp³-hybridized carbons (Fsp3) is 0.269. The number of pyridine rings is 1. The smallest absolute Gasteiger partial charge is 0.280 e. The molecule has 0 unspecified atom stereocenters. The summed E-state index contributed by atoms with van der Waals surface area (Å²) in [5.74, 6) is 0.893. The predicted octanol–water partition coefficient (Wildman–Crippen LogP) is 8.17. The number of halogens is 3. The second-order valence-corrected chi connectivity index (χ2v) is 10.6. The Balaban J connectivity index is 1.82. The van der Waals surface area contributed by atoms with Crippen LogP contribution >= 0.6 is 39.0 Å². The van der Waals surface area contributed by atoms with Gasteiger partial charge in [-0.15, -0.1) is 23.1 Å². The first kappa shape index (κ1) is 27.1. The lowest BCUT2D eigenvalue weighted by molar-refractivity contribution is 0.105. The van der Waals surface area contributed by atoms with Gasteiger partial charge in [0, 0.05) is 20.7 Å². The minimum absolute atomic E-state index is 0.0769. The Labute approximate surface area is 220 Å². The van der Waals surface area contributed by atoms with E-state index < -0.39 is 6.43 Å². The van der Waals surface area contributed by atoms with E-state index in [4.69, 9.17) is 4.74 Å². The summed E-state index contributed by atoms with van der Waals surface area (Å²) >= 11 is 6.21. The average molecular weight is 578 g/mol. The summed E-state index contributed by atoms with van der Waals surface area (Å²) in [7, 11) is 1.55. The van der Waals surface area contributed by atoms with Crippen molar-refractivity contribution in [2.45, 2.75) is 43.9 Å². The maximum absolute atomic E-state index is 13.2. The van der Waals surface area contributed by atoms with Gasteiger partial charge in [-0.05, 0) is 70.7 Å². The molecule has 35 heavy (non-hydrogen) atoms. The first-order valence-corrected chi connectivity index (χ1v) is 13.4. The normalized spacial score (nSPS) is 11.3. The monoisotopic (exact) mass is 576 g/mol. The first-order valence-electron chi connectivity index (χ1n) is 10.8. The van der Waals surface area contributed by atoms with E-state index in [2.05, 4.69) is 33.9 Å². The number of rotatable bonds is 10. The Kier molecular flexibility index (Phi) is 9.61. The van der Waals surface area contributed by atoms with Crippen molar-refractivity contribution in [1.82, 2.24) is 4.98 Å². The average Bonchev–Trinajstić information content (AvgIpc) is 3.21. The van der Waals surface area contributed by atoms with Crippen LogP contribution in [0.1, 0.15) is 62.3 Å². The standard InChI is InChI=1S/C26H23BrF2N2O2S2/c1-4-5-23-19(27)12-24(35-23)21(32)8-6-16-7-9-22(33-3)17(11-16)14-34-26-18(13-30)15(2)10-20(31-26)25(28)29/h6-12,25H,4-5,14H2,1-3H3/b8-6+. The van der Waals surface area contributed by atoms with Gasteiger partial charge in [-0.25, -0.2) is 13.8 Å². The van der Waals surface area contributed by atoms with Crippen LogP contribution in [0, 0.1) is 18.3 Å². The van der Waals surface area contributed by atoms with Gasteiger partial charge in [0.25, 0.3) is 6.43 Å². The lowest BCUT2D eigenvalue weighted by Crippen LogP contribution is -1.99. The summed E-state index contributed by atoms with van der Waals surface area (Å²) in [6.45, 7) is 3.72. The zero-order chi connectivity index (χ0) is 25.5. The second kappa shape index (κ2) is 12.4. The maximum atomic E-state index is 13.2. The van der Waals surface area contributed by atoms with Crippen LogP contribution in [0.4, 0.5) is 8.78 Å². The number of nitrogens with zero attached hydrogens (tertiary/aromatic N) is 2. The van der Waals surface area contributed by atoms with Gasteiger partial charge in [-0.1, -0.05) is 25.5 Å². The zero-order valence-corrected chi connectivity index (χ0v) is 22.6. The molecule has 0 aliphatic rings. The van der Waals surface area contributed by atoms with Crippen molar-refractivity contribution in [3.63, 3.8) is 0 Å². The van der Waals surface area contributed by atoms with Gasteiger partial charge in [0.15, 0.2) is 5.78 Å². The number of thioether (sulfide) groups is 1. The van der Waals surface area contributed by atoms with E-state index in [1.807, 2.05) is 18.2 Å². The fourth-order valence-electron chi connectivity index (χ4n) is 3.36. The van der Waals surface area contributed by atoms with Crippen LogP contribution in [0.2, 0.25) is 0 Å². The summed E-state index contributed by atoms with van der Waals surface area (Å²) in [5, 5.41) is 9.73. The van der Waals surface area contributed by atoms with Crippen molar-refractivity contribution in [1.29, 1.82) is 5.26 Å². The number of benzene rings is 1. The number of ketones is 1. The third-order valence-electron chi connectivity index (χ3n) is 5.11. The fourth-order valence-corrected chi connectivity index (χ4v) is 6.29. The number of hydrogen-bond donors (Lipinski definition) is 0. The molecule has 0 bridgehead atoms. The van der Waals surface area contributed by atoms with Crippen LogP contribution in [-0.4, -0.2) is 17.9 Å². The number of carbonyl (C=O) groups is 1. The molecule has 3 rings (SSSR count). The minimum atomic E-state index is -2.72. The number of carbonyl (C=O) groups excluding carboxylic acids is 1. The Hall–Kier alpha value is -2.54. The lowest BCUT2D eigenvalue weighted by atomic mass is 10.1. The quantitative estimate of drug-likeness (QED) is 0.138. The van der Waals surface area contributed by atoms with Crippen LogP contribution in [-0.2, 0) is 12.2 Å². The summed E-state index contributed by atoms with van der Waals surface area (Å²) in [4.78, 5) is 18.5. The molecule has 0 N–H and O–H groups in total. The molecule has 4 nitrogen and oxygen atoms in total. The highest BCUT2D eigenvalue weighted by Gasteiger charge is 2.17. The SMILES string of the molecule is CCCc1sc(C(=O)/C=C/c2ccc(OC)c(CSc3nc(C(F)F)cc(C)c3C#N)c2)cc1Br. The van der Waals surface area contributed by atoms with E-state index in [-0.39, 0.29) is 22.1 Å². The van der Waals surface area contributed by atoms with Gasteiger partial charge in [0.2, 0.25) is 0 Å². The number of nitriles is 1. The number of aryl methyl sites for hydroxylation is 2. The Morgan fingerprint density at radius 1 is 1.34 bits per heavy atom. The van der Waals surface area contributed by atoms with Crippen LogP contribution in [0.25, 0.3) is 6.08 Å². The summed E-state index contributed by atoms with van der Waals surface area (Å²) in [5.41, 5.74) is 1.98. The van der Waals surface area contributed by atoms with Crippen molar-refractivity contribution >= 4 is 50.9 Å². The number of thiophene rings is 1. The van der Waals surface area contributed by atoms with E-state index in [1.54, 1.807) is 26.2 Å². The van der Waals surface area contributed by atoms with Gasteiger partial charge >= 0.3 is 0 Å². The number of allylic oxidation sites excluding steroid dienone is 1. The van der Waals surface area contributed by atoms with E-state index in [0.29, 0.717) is 21.9 Å². The van der Waals surface area contributed by atoms with Gasteiger partial charge in [0.05, 0.1) is 17.6 Å². The lowest BCUT2D eigenvalue weighted by Gasteiger charge is -2.12. The zero-order valence-electron chi connectivity index (χ0n) is 19.4. The molecule has 2 aromatic heterocycles. The van der Waals surface area contributed by atoms with Crippen LogP contribution < -0.4 is 4.74 Å². The molecule has 0 radical (unpaired) electrons. The Morgan fingerprint density at radius 3 is 2.77 bits per heavy atom. The molecule has 182 valence electrons. The van der Waals surface area contributed by atoms with Gasteiger partial charge in [0.1, 0.15) is 22.5 Å². The first-order chi connectivity index (χ1) is 16.8. The maximum Gasteiger partial charge on any atom is 0.280 e. The largest absolute Gasteiger partial charge is 0.496 e. The number of aromatic nitrogens is 1. The molecule has 1 aromatic carbocycles. The van der Waals surface area contributed by atoms with Crippen molar-refractivity contribution in [3.8, 4) is 11.8 Å². The highest BCUT2D eigenvalue weighted by molar-refractivity contribution is 9.10. The molecule has 0 atom stereocenters. The molecule has 0 spiro atoms. The van der Waals surface area contributed by atoms with Gasteiger partial charge in [-0.2, -0.15) is 5.26 Å². The second-order valence-electron chi connectivity index (χ2n) is 7.65. The van der Waals surface area contributed by atoms with Crippen molar-refractivity contribution < 1.29 is 18.3 Å². The molecule has 0 amide bonds. The molecule has 2 heterocycles. The molecule has 0 aliphatic carbocycles. The van der Waals surface area contributed by atoms with E-state index in [9.17, 15) is 18.8 Å². The molecule has 0 aliphatic heterocycles. The Morgan fingerprint density at radius 2 is 2.11 bits per heavy atom. The third-order valence-corrected chi connectivity index (χ3v) is 8.32. The molecule has 9 heteroatoms. The molecule has 3 aromatic rings. The number of ether oxygens (including phenoxy) is 1. The summed E-state index contributed by atoms with van der Waals surface area (Å²) < 4.78 is 32.9. The summed E-state index contributed by atoms with van der Waals surface area (Å²) in [6, 6.07) is 10.7. The van der Waals surface area contributed by atoms with Crippen LogP contribution in [0.5, 0.6) is 5.75 Å². The molecule has 0 fully saturated rings. The van der Waals surface area contributed by atoms with Gasteiger partial charge in [-0.3, -0.25) is 4.79 Å². The highest BCUT2D eigenvalue weighted by Crippen LogP contribution is 2.33. The van der Waals surface area contributed by atoms with E-state index in [0.717, 1.165) is 33.3 Å². The minimum Gasteiger partial charge on any atom is -0.496 e. The molecular weight excluding hydrogens is 554 g/mol. The summed E-state index contributed by atoms with van der Waals surface area (Å²) in [6.07, 6.45) is 2.49. The third kappa shape index (κ3) is 6.78.